The van der Waals surface area contributed by atoms with Crippen molar-refractivity contribution in [2.75, 3.05) is 0 Å². The maximum absolute atomic E-state index is 12.3. The minimum Gasteiger partial charge on any atom is -0.444 e. The first-order chi connectivity index (χ1) is 8.02. The number of rotatable bonds is 0. The van der Waals surface area contributed by atoms with Crippen LogP contribution in [0.15, 0.2) is 12.1 Å². The Kier molecular flexibility index (Phi) is 1.88. The van der Waals surface area contributed by atoms with Crippen LogP contribution in [0.1, 0.15) is 34.3 Å². The smallest absolute Gasteiger partial charge is 0.319 e. The third-order valence-electron chi connectivity index (χ3n) is 3.23. The van der Waals surface area contributed by atoms with E-state index in [0.717, 1.165) is 11.1 Å². The SMILES string of the molecule is Cc1cc(C)c2c(c1)OC1(CCC(=O)O1)C2=O. The van der Waals surface area contributed by atoms with Gasteiger partial charge in [0.1, 0.15) is 5.75 Å². The molecule has 1 saturated heterocycles. The van der Waals surface area contributed by atoms with Gasteiger partial charge in [0.15, 0.2) is 0 Å². The lowest BCUT2D eigenvalue weighted by molar-refractivity contribution is -0.162. The number of fused-ring (bicyclic) bond motifs is 1. The Morgan fingerprint density at radius 1 is 1.18 bits per heavy atom. The average Bonchev–Trinajstić information content (AvgIpc) is 2.70. The van der Waals surface area contributed by atoms with Crippen LogP contribution >= 0.6 is 0 Å². The number of hydrogen-bond donors (Lipinski definition) is 0. The number of ether oxygens (including phenoxy) is 2. The van der Waals surface area contributed by atoms with Gasteiger partial charge in [-0.1, -0.05) is 6.07 Å². The van der Waals surface area contributed by atoms with E-state index in [1.165, 1.54) is 0 Å². The average molecular weight is 232 g/mol. The molecule has 88 valence electrons. The highest BCUT2D eigenvalue weighted by Gasteiger charge is 2.55. The molecule has 0 bridgehead atoms. The second-order valence-corrected chi connectivity index (χ2v) is 4.61. The molecule has 1 aromatic rings. The summed E-state index contributed by atoms with van der Waals surface area (Å²) in [6.45, 7) is 3.80. The van der Waals surface area contributed by atoms with Gasteiger partial charge in [-0.3, -0.25) is 9.59 Å². The molecular weight excluding hydrogens is 220 g/mol. The van der Waals surface area contributed by atoms with Crippen molar-refractivity contribution in [2.24, 2.45) is 0 Å². The van der Waals surface area contributed by atoms with E-state index < -0.39 is 5.79 Å². The maximum Gasteiger partial charge on any atom is 0.319 e. The Hall–Kier alpha value is -1.84. The van der Waals surface area contributed by atoms with E-state index in [0.29, 0.717) is 17.7 Å². The molecule has 0 aromatic heterocycles. The van der Waals surface area contributed by atoms with Crippen molar-refractivity contribution in [3.05, 3.63) is 28.8 Å². The molecule has 17 heavy (non-hydrogen) atoms. The first-order valence-electron chi connectivity index (χ1n) is 5.59. The highest BCUT2D eigenvalue weighted by molar-refractivity contribution is 6.09. The number of carbonyl (C=O) groups is 2. The zero-order valence-corrected chi connectivity index (χ0v) is 9.70. The molecule has 1 atom stereocenters. The van der Waals surface area contributed by atoms with E-state index in [1.807, 2.05) is 19.9 Å². The maximum atomic E-state index is 12.3. The zero-order valence-electron chi connectivity index (χ0n) is 9.70. The molecule has 4 nitrogen and oxygen atoms in total. The van der Waals surface area contributed by atoms with Crippen molar-refractivity contribution in [1.82, 2.24) is 0 Å². The van der Waals surface area contributed by atoms with E-state index in [4.69, 9.17) is 9.47 Å². The molecule has 4 heteroatoms. The van der Waals surface area contributed by atoms with Gasteiger partial charge in [0.2, 0.25) is 0 Å². The van der Waals surface area contributed by atoms with Gasteiger partial charge >= 0.3 is 11.8 Å². The standard InChI is InChI=1S/C13H12O4/c1-7-5-8(2)11-9(6-7)16-13(12(11)15)4-3-10(14)17-13/h5-6H,3-4H2,1-2H3. The normalized spacial score (nSPS) is 26.0. The summed E-state index contributed by atoms with van der Waals surface area (Å²) >= 11 is 0. The van der Waals surface area contributed by atoms with Gasteiger partial charge in [0.25, 0.3) is 5.78 Å². The van der Waals surface area contributed by atoms with Gasteiger partial charge in [-0.05, 0) is 31.0 Å². The van der Waals surface area contributed by atoms with Crippen LogP contribution in [0.4, 0.5) is 0 Å². The number of benzene rings is 1. The van der Waals surface area contributed by atoms with Crippen LogP contribution in [0.3, 0.4) is 0 Å². The summed E-state index contributed by atoms with van der Waals surface area (Å²) in [4.78, 5) is 23.5. The fraction of sp³-hybridized carbons (Fsp3) is 0.385. The fourth-order valence-electron chi connectivity index (χ4n) is 2.50. The van der Waals surface area contributed by atoms with Crippen LogP contribution < -0.4 is 4.74 Å². The van der Waals surface area contributed by atoms with Gasteiger partial charge in [-0.2, -0.15) is 0 Å². The minimum absolute atomic E-state index is 0.226. The van der Waals surface area contributed by atoms with Crippen LogP contribution in [-0.4, -0.2) is 17.5 Å². The molecule has 2 aliphatic rings. The van der Waals surface area contributed by atoms with Crippen LogP contribution in [-0.2, 0) is 9.53 Å². The quantitative estimate of drug-likeness (QED) is 0.641. The number of aryl methyl sites for hydroxylation is 2. The van der Waals surface area contributed by atoms with E-state index in [-0.39, 0.29) is 18.2 Å². The monoisotopic (exact) mass is 232 g/mol. The molecule has 1 unspecified atom stereocenters. The number of ketones is 1. The summed E-state index contributed by atoms with van der Waals surface area (Å²) in [6, 6.07) is 3.73. The molecule has 2 aliphatic heterocycles. The lowest BCUT2D eigenvalue weighted by atomic mass is 9.98. The predicted octanol–water partition coefficient (Wildman–Crippen LogP) is 1.91. The molecule has 1 aromatic carbocycles. The van der Waals surface area contributed by atoms with Crippen LogP contribution in [0.5, 0.6) is 5.75 Å². The summed E-state index contributed by atoms with van der Waals surface area (Å²) < 4.78 is 10.7. The second-order valence-electron chi connectivity index (χ2n) is 4.61. The van der Waals surface area contributed by atoms with Gasteiger partial charge in [0, 0.05) is 6.42 Å². The molecule has 1 spiro atoms. The third-order valence-corrected chi connectivity index (χ3v) is 3.23. The molecule has 0 amide bonds. The summed E-state index contributed by atoms with van der Waals surface area (Å²) in [5.41, 5.74) is 2.44. The predicted molar refractivity (Wildman–Crippen MR) is 58.9 cm³/mol. The van der Waals surface area contributed by atoms with Gasteiger partial charge in [-0.15, -0.1) is 0 Å². The molecule has 0 aliphatic carbocycles. The summed E-state index contributed by atoms with van der Waals surface area (Å²) in [6.07, 6.45) is 0.537. The van der Waals surface area contributed by atoms with E-state index in [2.05, 4.69) is 0 Å². The number of carbonyl (C=O) groups excluding carboxylic acids is 2. The molecular formula is C13H12O4. The summed E-state index contributed by atoms with van der Waals surface area (Å²) in [7, 11) is 0. The molecule has 3 rings (SSSR count). The molecule has 0 saturated carbocycles. The lowest BCUT2D eigenvalue weighted by Crippen LogP contribution is -2.39. The van der Waals surface area contributed by atoms with Crippen molar-refractivity contribution in [3.63, 3.8) is 0 Å². The largest absolute Gasteiger partial charge is 0.444 e. The summed E-state index contributed by atoms with van der Waals surface area (Å²) in [5.74, 6) is -1.45. The van der Waals surface area contributed by atoms with E-state index in [9.17, 15) is 9.59 Å². The van der Waals surface area contributed by atoms with Crippen molar-refractivity contribution in [2.45, 2.75) is 32.5 Å². The van der Waals surface area contributed by atoms with Crippen molar-refractivity contribution < 1.29 is 19.1 Å². The first-order valence-corrected chi connectivity index (χ1v) is 5.59. The first kappa shape index (κ1) is 10.3. The third kappa shape index (κ3) is 1.30. The van der Waals surface area contributed by atoms with E-state index >= 15 is 0 Å². The number of hydrogen-bond acceptors (Lipinski definition) is 4. The highest BCUT2D eigenvalue weighted by atomic mass is 16.7. The minimum atomic E-state index is -1.38. The fourth-order valence-corrected chi connectivity index (χ4v) is 2.50. The van der Waals surface area contributed by atoms with Crippen molar-refractivity contribution in [1.29, 1.82) is 0 Å². The summed E-state index contributed by atoms with van der Waals surface area (Å²) in [5, 5.41) is 0. The van der Waals surface area contributed by atoms with Crippen LogP contribution in [0.2, 0.25) is 0 Å². The van der Waals surface area contributed by atoms with Crippen molar-refractivity contribution >= 4 is 11.8 Å². The van der Waals surface area contributed by atoms with Crippen LogP contribution in [0, 0.1) is 13.8 Å². The molecule has 0 radical (unpaired) electrons. The Morgan fingerprint density at radius 3 is 2.59 bits per heavy atom. The van der Waals surface area contributed by atoms with Gasteiger partial charge in [0.05, 0.1) is 12.0 Å². The highest BCUT2D eigenvalue weighted by Crippen LogP contribution is 2.43. The topological polar surface area (TPSA) is 52.6 Å². The van der Waals surface area contributed by atoms with Crippen molar-refractivity contribution in [3.8, 4) is 5.75 Å². The zero-order chi connectivity index (χ0) is 12.2. The Morgan fingerprint density at radius 2 is 1.94 bits per heavy atom. The van der Waals surface area contributed by atoms with Crippen LogP contribution in [0.25, 0.3) is 0 Å². The van der Waals surface area contributed by atoms with E-state index in [1.54, 1.807) is 6.07 Å². The second kappa shape index (κ2) is 3.09. The Balaban J connectivity index is 2.12. The number of esters is 1. The lowest BCUT2D eigenvalue weighted by Gasteiger charge is -2.18. The van der Waals surface area contributed by atoms with Gasteiger partial charge < -0.3 is 9.47 Å². The Bertz CT molecular complexity index is 547. The molecule has 0 N–H and O–H groups in total. The number of Topliss-reactive ketones (excluding diaryl/α,β-unsaturated/α-hetero) is 1. The molecule has 2 heterocycles. The van der Waals surface area contributed by atoms with Gasteiger partial charge in [-0.25, -0.2) is 0 Å². The molecule has 1 fully saturated rings. The Labute approximate surface area is 98.5 Å².